The van der Waals surface area contributed by atoms with Crippen LogP contribution in [0.3, 0.4) is 0 Å². The molecule has 1 aliphatic carbocycles. The molecule has 1 aromatic carbocycles. The fraction of sp³-hybridized carbons (Fsp3) is 0.548. The van der Waals surface area contributed by atoms with Crippen LogP contribution in [-0.2, 0) is 16.4 Å². The maximum Gasteiger partial charge on any atom is 0.409 e. The number of aromatic nitrogens is 4. The van der Waals surface area contributed by atoms with E-state index in [1.165, 1.54) is 12.8 Å². The number of rotatable bonds is 10. The van der Waals surface area contributed by atoms with Gasteiger partial charge in [0.1, 0.15) is 11.9 Å². The minimum absolute atomic E-state index is 0.0740. The van der Waals surface area contributed by atoms with Crippen molar-refractivity contribution in [2.75, 3.05) is 23.3 Å². The third kappa shape index (κ3) is 6.12. The molecule has 1 atom stereocenters. The van der Waals surface area contributed by atoms with Gasteiger partial charge in [-0.2, -0.15) is 10.4 Å². The van der Waals surface area contributed by atoms with E-state index in [-0.39, 0.29) is 5.04 Å². The first-order valence-corrected chi connectivity index (χ1v) is 17.9. The molecule has 9 nitrogen and oxygen atoms in total. The summed E-state index contributed by atoms with van der Waals surface area (Å²) in [6.07, 6.45) is 5.50. The van der Waals surface area contributed by atoms with Crippen LogP contribution < -0.4 is 10.1 Å². The van der Waals surface area contributed by atoms with Gasteiger partial charge in [-0.1, -0.05) is 40.5 Å². The van der Waals surface area contributed by atoms with E-state index in [1.54, 1.807) is 13.0 Å². The summed E-state index contributed by atoms with van der Waals surface area (Å²) >= 11 is 0. The predicted octanol–water partition coefficient (Wildman–Crippen LogP) is 6.27. The molecule has 3 heterocycles. The van der Waals surface area contributed by atoms with Crippen LogP contribution in [0.4, 0.5) is 17.5 Å². The largest absolute Gasteiger partial charge is 0.432 e. The van der Waals surface area contributed by atoms with Gasteiger partial charge in [-0.3, -0.25) is 0 Å². The molecule has 2 aromatic heterocycles. The van der Waals surface area contributed by atoms with Gasteiger partial charge in [0.15, 0.2) is 8.32 Å². The van der Waals surface area contributed by atoms with E-state index < -0.39 is 20.8 Å². The summed E-state index contributed by atoms with van der Waals surface area (Å²) in [5, 5.41) is 29.1. The number of hydrogen-bond donors (Lipinski definition) is 2. The molecule has 42 heavy (non-hydrogen) atoms. The van der Waals surface area contributed by atoms with Gasteiger partial charge in [-0.15, -0.1) is 0 Å². The number of hydrogen-bond acceptors (Lipinski definition) is 8. The Labute approximate surface area is 251 Å². The Kier molecular flexibility index (Phi) is 8.03. The summed E-state index contributed by atoms with van der Waals surface area (Å²) in [6.45, 7) is 19.1. The first kappa shape index (κ1) is 30.3. The van der Waals surface area contributed by atoms with Gasteiger partial charge in [-0.25, -0.2) is 14.6 Å². The first-order chi connectivity index (χ1) is 19.7. The zero-order chi connectivity index (χ0) is 30.4. The lowest BCUT2D eigenvalue weighted by molar-refractivity contribution is 0.218. The molecule has 2 aliphatic rings. The molecule has 1 saturated carbocycles. The van der Waals surface area contributed by atoms with Crippen LogP contribution >= 0.6 is 0 Å². The molecule has 222 valence electrons. The quantitative estimate of drug-likeness (QED) is 0.268. The molecule has 5 rings (SSSR count). The van der Waals surface area contributed by atoms with E-state index in [1.807, 2.05) is 34.6 Å². The second-order valence-electron chi connectivity index (χ2n) is 13.9. The fourth-order valence-electron chi connectivity index (χ4n) is 5.40. The van der Waals surface area contributed by atoms with Gasteiger partial charge in [0.05, 0.1) is 17.0 Å². The molecule has 0 saturated heterocycles. The molecular weight excluding hydrogens is 541 g/mol. The molecule has 0 bridgehead atoms. The molecule has 0 amide bonds. The summed E-state index contributed by atoms with van der Waals surface area (Å²) in [4.78, 5) is 11.3. The van der Waals surface area contributed by atoms with E-state index >= 15 is 0 Å². The third-order valence-electron chi connectivity index (χ3n) is 9.24. The van der Waals surface area contributed by atoms with E-state index in [9.17, 15) is 10.3 Å². The van der Waals surface area contributed by atoms with E-state index in [2.05, 4.69) is 68.3 Å². The van der Waals surface area contributed by atoms with Crippen molar-refractivity contribution in [2.24, 2.45) is 5.92 Å². The minimum Gasteiger partial charge on any atom is -0.432 e. The molecule has 2 N–H and O–H groups in total. The molecule has 3 aromatic rings. The van der Waals surface area contributed by atoms with Crippen LogP contribution in [0.15, 0.2) is 30.5 Å². The standard InChI is InChI=1S/C31H44BN7O2Si/c1-21-15-27(39(37-21)14-12-22-9-10-22)36-29-34-13-11-26(35-29)23-16-24(18-33)28-25(17-23)31(5,19-38(28)32(6)40)20-41-42(7,8)30(2,3)4/h11,13,15-17,22,40H,9-10,12,14,19-20H2,1-8H3,(H,34,35,36)/t31-/m1/s1. The highest BCUT2D eigenvalue weighted by Crippen LogP contribution is 2.47. The number of nitrogens with zero attached hydrogens (tertiary/aromatic N) is 6. The molecule has 1 fully saturated rings. The highest BCUT2D eigenvalue weighted by molar-refractivity contribution is 6.74. The van der Waals surface area contributed by atoms with E-state index in [0.29, 0.717) is 24.7 Å². The van der Waals surface area contributed by atoms with Crippen LogP contribution in [-0.4, -0.2) is 53.3 Å². The number of nitriles is 1. The summed E-state index contributed by atoms with van der Waals surface area (Å²) < 4.78 is 8.73. The van der Waals surface area contributed by atoms with Crippen LogP contribution in [0.1, 0.15) is 63.8 Å². The highest BCUT2D eigenvalue weighted by Gasteiger charge is 2.46. The lowest BCUT2D eigenvalue weighted by Gasteiger charge is -2.39. The number of nitrogens with one attached hydrogen (secondary N) is 1. The second-order valence-corrected chi connectivity index (χ2v) is 18.7. The molecule has 0 radical (unpaired) electrons. The molecule has 0 spiro atoms. The second kappa shape index (κ2) is 11.1. The molecule has 11 heteroatoms. The minimum atomic E-state index is -2.03. The molecule has 1 aliphatic heterocycles. The first-order valence-electron chi connectivity index (χ1n) is 15.0. The average molecular weight is 586 g/mol. The summed E-state index contributed by atoms with van der Waals surface area (Å²) in [5.74, 6) is 2.17. The lowest BCUT2D eigenvalue weighted by Crippen LogP contribution is -2.47. The van der Waals surface area contributed by atoms with Crippen molar-refractivity contribution >= 4 is 32.8 Å². The van der Waals surface area contributed by atoms with Gasteiger partial charge in [-0.05, 0) is 68.0 Å². The molecular formula is C31H44BN7O2Si. The Morgan fingerprint density at radius 1 is 1.26 bits per heavy atom. The van der Waals surface area contributed by atoms with Gasteiger partial charge < -0.3 is 19.6 Å². The van der Waals surface area contributed by atoms with Crippen molar-refractivity contribution in [1.29, 1.82) is 5.26 Å². The predicted molar refractivity (Wildman–Crippen MR) is 171 cm³/mol. The number of anilines is 3. The Bertz CT molecular complexity index is 1510. The highest BCUT2D eigenvalue weighted by atomic mass is 28.4. The zero-order valence-electron chi connectivity index (χ0n) is 26.3. The monoisotopic (exact) mass is 585 g/mol. The van der Waals surface area contributed by atoms with Crippen molar-refractivity contribution < 1.29 is 9.45 Å². The van der Waals surface area contributed by atoms with Gasteiger partial charge >= 0.3 is 7.05 Å². The summed E-state index contributed by atoms with van der Waals surface area (Å²) in [6, 6.07) is 10.3. The maximum atomic E-state index is 10.7. The summed E-state index contributed by atoms with van der Waals surface area (Å²) in [5.41, 5.74) is 4.38. The number of aryl methyl sites for hydroxylation is 2. The van der Waals surface area contributed by atoms with Crippen molar-refractivity contribution in [3.63, 3.8) is 0 Å². The van der Waals surface area contributed by atoms with Crippen LogP contribution in [0.25, 0.3) is 11.3 Å². The third-order valence-corrected chi connectivity index (χ3v) is 13.7. The van der Waals surface area contributed by atoms with Crippen LogP contribution in [0.2, 0.25) is 25.0 Å². The Hall–Kier alpha value is -3.20. The SMILES string of the molecule is CB(O)N1C[C@](C)(CO[Si](C)(C)C(C)(C)C)c2cc(-c3ccnc(Nc4cc(C)nn4CCC4CC4)n3)cc(C#N)c21. The Balaban J connectivity index is 1.48. The topological polar surface area (TPSA) is 112 Å². The Morgan fingerprint density at radius 3 is 2.64 bits per heavy atom. The van der Waals surface area contributed by atoms with Crippen LogP contribution in [0.5, 0.6) is 0 Å². The molecule has 0 unspecified atom stereocenters. The van der Waals surface area contributed by atoms with Gasteiger partial charge in [0, 0.05) is 48.6 Å². The van der Waals surface area contributed by atoms with E-state index in [4.69, 9.17) is 9.41 Å². The summed E-state index contributed by atoms with van der Waals surface area (Å²) in [7, 11) is -2.76. The van der Waals surface area contributed by atoms with Crippen molar-refractivity contribution in [2.45, 2.75) is 90.8 Å². The fourth-order valence-corrected chi connectivity index (χ4v) is 6.51. The Morgan fingerprint density at radius 2 is 2.00 bits per heavy atom. The van der Waals surface area contributed by atoms with Crippen molar-refractivity contribution in [3.8, 4) is 17.3 Å². The number of fused-ring (bicyclic) bond motifs is 1. The maximum absolute atomic E-state index is 10.7. The normalized spacial score (nSPS) is 18.6. The van der Waals surface area contributed by atoms with Crippen molar-refractivity contribution in [1.82, 2.24) is 19.7 Å². The van der Waals surface area contributed by atoms with Crippen molar-refractivity contribution in [3.05, 3.63) is 47.3 Å². The lowest BCUT2D eigenvalue weighted by atomic mass is 9.83. The van der Waals surface area contributed by atoms with Crippen LogP contribution in [0, 0.1) is 24.2 Å². The van der Waals surface area contributed by atoms with Gasteiger partial charge in [0.25, 0.3) is 0 Å². The smallest absolute Gasteiger partial charge is 0.409 e. The zero-order valence-corrected chi connectivity index (χ0v) is 27.3. The average Bonchev–Trinajstić information content (AvgIpc) is 3.62. The number of benzene rings is 1. The van der Waals surface area contributed by atoms with Gasteiger partial charge in [0.2, 0.25) is 5.95 Å². The van der Waals surface area contributed by atoms with E-state index in [0.717, 1.165) is 52.9 Å².